The Morgan fingerprint density at radius 1 is 1.39 bits per heavy atom. The first-order chi connectivity index (χ1) is 8.35. The fourth-order valence-electron chi connectivity index (χ4n) is 1.77. The van der Waals surface area contributed by atoms with Crippen LogP contribution in [0.4, 0.5) is 5.82 Å². The number of amides is 1. The number of H-pyrrole nitrogens is 1. The fraction of sp³-hybridized carbons (Fsp3) is 0.692. The SMILES string of the molecule is Cc1[nH]nc(NC(=O)CCC(C)(C)CCN)c1C. The highest BCUT2D eigenvalue weighted by molar-refractivity contribution is 5.90. The molecular formula is C13H24N4O. The Morgan fingerprint density at radius 3 is 2.56 bits per heavy atom. The number of nitrogens with two attached hydrogens (primary N) is 1. The van der Waals surface area contributed by atoms with Gasteiger partial charge in [0.1, 0.15) is 0 Å². The molecule has 0 bridgehead atoms. The van der Waals surface area contributed by atoms with Crippen LogP contribution in [-0.2, 0) is 4.79 Å². The second-order valence-electron chi connectivity index (χ2n) is 5.57. The van der Waals surface area contributed by atoms with Crippen LogP contribution >= 0.6 is 0 Å². The summed E-state index contributed by atoms with van der Waals surface area (Å²) in [7, 11) is 0. The average Bonchev–Trinajstić information content (AvgIpc) is 2.59. The summed E-state index contributed by atoms with van der Waals surface area (Å²) in [5.41, 5.74) is 7.64. The van der Waals surface area contributed by atoms with Gasteiger partial charge in [-0.3, -0.25) is 9.89 Å². The van der Waals surface area contributed by atoms with Crippen LogP contribution in [0.2, 0.25) is 0 Å². The van der Waals surface area contributed by atoms with E-state index in [1.807, 2.05) is 13.8 Å². The van der Waals surface area contributed by atoms with Crippen LogP contribution in [-0.4, -0.2) is 22.6 Å². The molecule has 0 aliphatic rings. The van der Waals surface area contributed by atoms with Crippen molar-refractivity contribution in [2.75, 3.05) is 11.9 Å². The van der Waals surface area contributed by atoms with E-state index in [2.05, 4.69) is 29.4 Å². The highest BCUT2D eigenvalue weighted by Crippen LogP contribution is 2.26. The minimum atomic E-state index is 0.00898. The average molecular weight is 252 g/mol. The van der Waals surface area contributed by atoms with Crippen LogP contribution in [0.15, 0.2) is 0 Å². The normalized spacial score (nSPS) is 11.6. The molecule has 0 spiro atoms. The molecule has 1 amide bonds. The van der Waals surface area contributed by atoms with Crippen LogP contribution in [0.25, 0.3) is 0 Å². The van der Waals surface area contributed by atoms with Crippen molar-refractivity contribution in [3.8, 4) is 0 Å². The first kappa shape index (κ1) is 14.7. The Morgan fingerprint density at radius 2 is 2.06 bits per heavy atom. The van der Waals surface area contributed by atoms with Crippen LogP contribution in [0, 0.1) is 19.3 Å². The van der Waals surface area contributed by atoms with Gasteiger partial charge >= 0.3 is 0 Å². The van der Waals surface area contributed by atoms with Gasteiger partial charge in [-0.2, -0.15) is 5.10 Å². The van der Waals surface area contributed by atoms with Crippen molar-refractivity contribution in [1.29, 1.82) is 0 Å². The number of hydrogen-bond acceptors (Lipinski definition) is 3. The predicted molar refractivity (Wildman–Crippen MR) is 73.4 cm³/mol. The summed E-state index contributed by atoms with van der Waals surface area (Å²) in [4.78, 5) is 11.8. The number of carbonyl (C=O) groups is 1. The topological polar surface area (TPSA) is 83.8 Å². The van der Waals surface area contributed by atoms with Gasteiger partial charge in [-0.15, -0.1) is 0 Å². The summed E-state index contributed by atoms with van der Waals surface area (Å²) in [6.07, 6.45) is 2.26. The number of aromatic amines is 1. The number of nitrogens with one attached hydrogen (secondary N) is 2. The zero-order valence-corrected chi connectivity index (χ0v) is 11.8. The summed E-state index contributed by atoms with van der Waals surface area (Å²) in [6, 6.07) is 0. The summed E-state index contributed by atoms with van der Waals surface area (Å²) in [6.45, 7) is 8.80. The van der Waals surface area contributed by atoms with Gasteiger partial charge in [-0.25, -0.2) is 0 Å². The molecule has 18 heavy (non-hydrogen) atoms. The second-order valence-corrected chi connectivity index (χ2v) is 5.57. The standard InChI is InChI=1S/C13H24N4O/c1-9-10(2)16-17-12(9)15-11(18)5-6-13(3,4)7-8-14/h5-8,14H2,1-4H3,(H2,15,16,17,18). The quantitative estimate of drug-likeness (QED) is 0.725. The van der Waals surface area contributed by atoms with Crippen molar-refractivity contribution in [3.63, 3.8) is 0 Å². The fourth-order valence-corrected chi connectivity index (χ4v) is 1.77. The monoisotopic (exact) mass is 252 g/mol. The molecule has 1 rings (SSSR count). The molecule has 0 unspecified atom stereocenters. The highest BCUT2D eigenvalue weighted by atomic mass is 16.1. The molecule has 1 heterocycles. The van der Waals surface area contributed by atoms with Crippen LogP contribution in [0.5, 0.6) is 0 Å². The molecule has 0 atom stereocenters. The summed E-state index contributed by atoms with van der Waals surface area (Å²) in [5, 5.41) is 9.75. The van der Waals surface area contributed by atoms with Crippen molar-refractivity contribution < 1.29 is 4.79 Å². The van der Waals surface area contributed by atoms with Crippen LogP contribution < -0.4 is 11.1 Å². The Hall–Kier alpha value is -1.36. The summed E-state index contributed by atoms with van der Waals surface area (Å²) in [5.74, 6) is 0.642. The number of carbonyl (C=O) groups excluding carboxylic acids is 1. The van der Waals surface area contributed by atoms with Crippen molar-refractivity contribution in [3.05, 3.63) is 11.3 Å². The van der Waals surface area contributed by atoms with Crippen molar-refractivity contribution >= 4 is 11.7 Å². The van der Waals surface area contributed by atoms with Crippen molar-refractivity contribution in [2.45, 2.75) is 47.0 Å². The number of anilines is 1. The largest absolute Gasteiger partial charge is 0.330 e. The van der Waals surface area contributed by atoms with Crippen molar-refractivity contribution in [2.24, 2.45) is 11.1 Å². The maximum Gasteiger partial charge on any atom is 0.225 e. The number of nitrogens with zero attached hydrogens (tertiary/aromatic N) is 1. The zero-order chi connectivity index (χ0) is 13.8. The Labute approximate surface area is 109 Å². The summed E-state index contributed by atoms with van der Waals surface area (Å²) < 4.78 is 0. The molecule has 0 saturated heterocycles. The minimum Gasteiger partial charge on any atom is -0.330 e. The van der Waals surface area contributed by atoms with Gasteiger partial charge in [0.25, 0.3) is 0 Å². The summed E-state index contributed by atoms with van der Waals surface area (Å²) >= 11 is 0. The van der Waals surface area contributed by atoms with Crippen LogP contribution in [0.1, 0.15) is 44.4 Å². The van der Waals surface area contributed by atoms with E-state index in [4.69, 9.17) is 5.73 Å². The minimum absolute atomic E-state index is 0.00898. The first-order valence-corrected chi connectivity index (χ1v) is 6.37. The van der Waals surface area contributed by atoms with Crippen LogP contribution in [0.3, 0.4) is 0 Å². The van der Waals surface area contributed by atoms with E-state index in [0.29, 0.717) is 18.8 Å². The molecule has 0 aliphatic carbocycles. The smallest absolute Gasteiger partial charge is 0.225 e. The molecule has 0 radical (unpaired) electrons. The van der Waals surface area contributed by atoms with E-state index in [1.54, 1.807) is 0 Å². The van der Waals surface area contributed by atoms with E-state index in [-0.39, 0.29) is 11.3 Å². The molecule has 102 valence electrons. The maximum atomic E-state index is 11.8. The molecule has 5 heteroatoms. The third-order valence-corrected chi connectivity index (χ3v) is 3.36. The third kappa shape index (κ3) is 4.14. The first-order valence-electron chi connectivity index (χ1n) is 6.37. The molecule has 5 nitrogen and oxygen atoms in total. The Kier molecular flexibility index (Phi) is 4.90. The molecular weight excluding hydrogens is 228 g/mol. The molecule has 4 N–H and O–H groups in total. The van der Waals surface area contributed by atoms with Gasteiger partial charge in [-0.05, 0) is 38.6 Å². The Balaban J connectivity index is 2.45. The number of hydrogen-bond donors (Lipinski definition) is 3. The Bertz CT molecular complexity index is 409. The molecule has 0 aliphatic heterocycles. The van der Waals surface area contributed by atoms with Gasteiger partial charge in [0.05, 0.1) is 0 Å². The van der Waals surface area contributed by atoms with Gasteiger partial charge < -0.3 is 11.1 Å². The van der Waals surface area contributed by atoms with E-state index >= 15 is 0 Å². The molecule has 0 aromatic carbocycles. The lowest BCUT2D eigenvalue weighted by atomic mass is 9.84. The van der Waals surface area contributed by atoms with E-state index in [9.17, 15) is 4.79 Å². The van der Waals surface area contributed by atoms with Gasteiger partial charge in [0, 0.05) is 17.7 Å². The van der Waals surface area contributed by atoms with E-state index < -0.39 is 0 Å². The number of rotatable bonds is 6. The molecule has 1 aromatic heterocycles. The highest BCUT2D eigenvalue weighted by Gasteiger charge is 2.19. The number of aryl methyl sites for hydroxylation is 1. The predicted octanol–water partition coefficient (Wildman–Crippen LogP) is 2.12. The molecule has 0 fully saturated rings. The zero-order valence-electron chi connectivity index (χ0n) is 11.8. The van der Waals surface area contributed by atoms with Gasteiger partial charge in [-0.1, -0.05) is 13.8 Å². The molecule has 0 saturated carbocycles. The second kappa shape index (κ2) is 6.00. The third-order valence-electron chi connectivity index (χ3n) is 3.36. The van der Waals surface area contributed by atoms with Crippen molar-refractivity contribution in [1.82, 2.24) is 10.2 Å². The lowest BCUT2D eigenvalue weighted by molar-refractivity contribution is -0.116. The number of aromatic nitrogens is 2. The lowest BCUT2D eigenvalue weighted by Gasteiger charge is -2.23. The lowest BCUT2D eigenvalue weighted by Crippen LogP contribution is -2.21. The van der Waals surface area contributed by atoms with E-state index in [1.165, 1.54) is 0 Å². The van der Waals surface area contributed by atoms with Gasteiger partial charge in [0.15, 0.2) is 5.82 Å². The molecule has 1 aromatic rings. The maximum absolute atomic E-state index is 11.8. The van der Waals surface area contributed by atoms with Gasteiger partial charge in [0.2, 0.25) is 5.91 Å². The van der Waals surface area contributed by atoms with E-state index in [0.717, 1.165) is 24.1 Å².